The molecule has 1 aromatic heterocycles. The second-order valence-corrected chi connectivity index (χ2v) is 9.53. The maximum atomic E-state index is 11.7. The van der Waals surface area contributed by atoms with Crippen molar-refractivity contribution in [3.63, 3.8) is 0 Å². The summed E-state index contributed by atoms with van der Waals surface area (Å²) in [6.45, 7) is 1.77. The molecule has 0 atom stereocenters. The molecule has 0 aliphatic carbocycles. The van der Waals surface area contributed by atoms with Crippen LogP contribution in [0, 0.1) is 0 Å². The summed E-state index contributed by atoms with van der Waals surface area (Å²) in [6.07, 6.45) is 1.49. The van der Waals surface area contributed by atoms with Crippen molar-refractivity contribution in [3.8, 4) is 0 Å². The molecule has 0 amide bonds. The van der Waals surface area contributed by atoms with Gasteiger partial charge in [-0.2, -0.15) is 0 Å². The van der Waals surface area contributed by atoms with Gasteiger partial charge in [0.05, 0.1) is 0 Å². The van der Waals surface area contributed by atoms with Crippen molar-refractivity contribution in [2.75, 3.05) is 20.1 Å². The molecule has 167 valence electrons. The van der Waals surface area contributed by atoms with Crippen molar-refractivity contribution in [1.29, 1.82) is 0 Å². The van der Waals surface area contributed by atoms with Crippen molar-refractivity contribution in [3.05, 3.63) is 88.9 Å². The van der Waals surface area contributed by atoms with Gasteiger partial charge in [0.25, 0.3) is 0 Å². The number of benzene rings is 2. The zero-order valence-electron chi connectivity index (χ0n) is 18.4. The summed E-state index contributed by atoms with van der Waals surface area (Å²) in [5, 5.41) is 4.01. The number of nitrogens with two attached hydrogens (primary N) is 1. The van der Waals surface area contributed by atoms with Gasteiger partial charge in [-0.3, -0.25) is 0 Å². The van der Waals surface area contributed by atoms with Crippen molar-refractivity contribution in [2.24, 2.45) is 10.7 Å². The van der Waals surface area contributed by atoms with E-state index in [2.05, 4.69) is 39.3 Å². The number of aromatic nitrogens is 2. The van der Waals surface area contributed by atoms with Crippen LogP contribution in [0.15, 0.2) is 81.4 Å². The van der Waals surface area contributed by atoms with Crippen LogP contribution < -0.4 is 9.18 Å². The molecule has 0 saturated heterocycles. The number of aldehydes is 1. The van der Waals surface area contributed by atoms with Crippen LogP contribution in [0.5, 0.6) is 0 Å². The van der Waals surface area contributed by atoms with Crippen LogP contribution in [0.1, 0.15) is 29.4 Å². The van der Waals surface area contributed by atoms with Crippen molar-refractivity contribution in [1.82, 2.24) is 19.9 Å². The second-order valence-electron chi connectivity index (χ2n) is 7.87. The Bertz CT molecular complexity index is 1110. The molecule has 2 N–H and O–H groups in total. The van der Waals surface area contributed by atoms with Gasteiger partial charge in [0.15, 0.2) is 0 Å². The first-order chi connectivity index (χ1) is 16.0. The van der Waals surface area contributed by atoms with Gasteiger partial charge in [-0.05, 0) is 0 Å². The van der Waals surface area contributed by atoms with Gasteiger partial charge >= 0.3 is 149 Å². The minimum Gasteiger partial charge on any atom is -0.0622 e. The van der Waals surface area contributed by atoms with Gasteiger partial charge in [-0.15, -0.1) is 0 Å². The fourth-order valence-corrected chi connectivity index (χ4v) is 4.64. The van der Waals surface area contributed by atoms with E-state index < -0.39 is 0 Å². The molecule has 2 heterocycles. The fraction of sp³-hybridized carbons (Fsp3) is 0.250. The van der Waals surface area contributed by atoms with Crippen LogP contribution >= 0.6 is 0 Å². The second kappa shape index (κ2) is 10.8. The van der Waals surface area contributed by atoms with Crippen molar-refractivity contribution >= 4 is 41.5 Å². The van der Waals surface area contributed by atoms with Gasteiger partial charge in [0.2, 0.25) is 0 Å². The standard InChI is InChI=1S/C24H25N6O2.Pb/c1-29(23(18-8-4-2-5-9-18)19-10-6-3-7-11-19)24(25)27-21-14-30(13-12-20(21)16-31)15-22-26-17-32-28-22;/h2-11,16,23H,12-15H2,1H3,(H2,25,27);. The summed E-state index contributed by atoms with van der Waals surface area (Å²) in [6, 6.07) is 20.3. The molecule has 0 fully saturated rings. The Hall–Kier alpha value is -2.86. The van der Waals surface area contributed by atoms with Crippen molar-refractivity contribution < 1.29 is 9.32 Å². The number of guanidine groups is 1. The van der Waals surface area contributed by atoms with E-state index in [1.807, 2.05) is 48.3 Å². The number of carbonyl (C=O) groups excluding carboxylic acids is 1. The van der Waals surface area contributed by atoms with Crippen LogP contribution in [0.4, 0.5) is 0 Å². The maximum absolute atomic E-state index is 11.7. The van der Waals surface area contributed by atoms with E-state index in [1.54, 1.807) is 0 Å². The van der Waals surface area contributed by atoms with E-state index in [0.717, 1.165) is 49.7 Å². The number of rotatable bonds is 7. The van der Waals surface area contributed by atoms with E-state index >= 15 is 0 Å². The van der Waals surface area contributed by atoms with E-state index in [9.17, 15) is 4.79 Å². The Labute approximate surface area is 208 Å². The molecular weight excluding hydrogens is 612 g/mol. The number of aliphatic imine (C=N–C) groups is 1. The monoisotopic (exact) mass is 637 g/mol. The zero-order valence-corrected chi connectivity index (χ0v) is 22.3. The predicted octanol–water partition coefficient (Wildman–Crippen LogP) is 1.56. The molecule has 1 aliphatic heterocycles. The van der Waals surface area contributed by atoms with Crippen molar-refractivity contribution in [2.45, 2.75) is 19.0 Å². The Kier molecular flexibility index (Phi) is 7.66. The van der Waals surface area contributed by atoms with Crippen LogP contribution in [0.25, 0.3) is 0 Å². The molecule has 0 saturated carbocycles. The van der Waals surface area contributed by atoms with Gasteiger partial charge in [-0.1, -0.05) is 60.7 Å². The van der Waals surface area contributed by atoms with Gasteiger partial charge in [0, 0.05) is 0 Å². The first-order valence-electron chi connectivity index (χ1n) is 10.7. The first kappa shape index (κ1) is 23.3. The first-order valence-corrected chi connectivity index (χ1v) is 12.6. The summed E-state index contributed by atoms with van der Waals surface area (Å²) in [4.78, 5) is 24.9. The Balaban J connectivity index is 1.60. The van der Waals surface area contributed by atoms with Gasteiger partial charge in [0.1, 0.15) is 0 Å². The summed E-state index contributed by atoms with van der Waals surface area (Å²) >= 11 is 0.720. The molecule has 3 radical (unpaired) electrons. The zero-order chi connectivity index (χ0) is 23.2. The molecule has 2 aromatic carbocycles. The number of hydrogen-bond donors (Lipinski definition) is 1. The van der Waals surface area contributed by atoms with Crippen LogP contribution in [-0.2, 0) is 11.3 Å². The smallest absolute Gasteiger partial charge is 0.0622 e. The minimum atomic E-state index is -0.109. The summed E-state index contributed by atoms with van der Waals surface area (Å²) in [5.74, 6) is 1.00. The van der Waals surface area contributed by atoms with Gasteiger partial charge in [-0.25, -0.2) is 0 Å². The molecule has 0 bridgehead atoms. The molecule has 3 aromatic rings. The quantitative estimate of drug-likeness (QED) is 0.182. The third kappa shape index (κ3) is 5.74. The summed E-state index contributed by atoms with van der Waals surface area (Å²) in [5.41, 5.74) is 10.1. The molecule has 0 unspecified atom stereocenters. The Morgan fingerprint density at radius 3 is 2.39 bits per heavy atom. The Morgan fingerprint density at radius 1 is 1.21 bits per heavy atom. The molecule has 1 aliphatic rings. The minimum absolute atomic E-state index is 0.109. The molecule has 0 spiro atoms. The number of hydrogen-bond acceptors (Lipinski definition) is 6. The summed E-state index contributed by atoms with van der Waals surface area (Å²) < 4.78 is 5.80. The summed E-state index contributed by atoms with van der Waals surface area (Å²) in [7, 11) is 1.93. The normalized spacial score (nSPS) is 15.2. The fourth-order valence-electron chi connectivity index (χ4n) is 3.96. The van der Waals surface area contributed by atoms with Gasteiger partial charge < -0.3 is 0 Å². The SMILES string of the molecule is CN(C(N)=NC1=C(C=O)CCN(Cc2no[c]([Pb])n2)C1)C(c1ccccc1)c1ccccc1. The molecule has 9 heteroatoms. The van der Waals surface area contributed by atoms with Crippen LogP contribution in [0.2, 0.25) is 0 Å². The molecule has 4 rings (SSSR count). The molecular formula is C24H25N6O2Pb. The van der Waals surface area contributed by atoms with Crippen LogP contribution in [-0.4, -0.2) is 78.1 Å². The third-order valence-corrected chi connectivity index (χ3v) is 6.44. The average molecular weight is 637 g/mol. The molecule has 8 nitrogen and oxygen atoms in total. The third-order valence-electron chi connectivity index (χ3n) is 5.65. The average Bonchev–Trinajstić information content (AvgIpc) is 3.25. The van der Waals surface area contributed by atoms with Crippen LogP contribution in [0.3, 0.4) is 0 Å². The van der Waals surface area contributed by atoms with E-state index in [-0.39, 0.29) is 6.04 Å². The topological polar surface area (TPSA) is 101 Å². The van der Waals surface area contributed by atoms with E-state index in [4.69, 9.17) is 15.2 Å². The Morgan fingerprint density at radius 2 is 1.85 bits per heavy atom. The predicted molar refractivity (Wildman–Crippen MR) is 127 cm³/mol. The van der Waals surface area contributed by atoms with E-state index in [1.165, 1.54) is 0 Å². The number of carbonyl (C=O) groups is 1. The number of nitrogens with zero attached hydrogens (tertiary/aromatic N) is 5. The van der Waals surface area contributed by atoms with E-state index in [0.29, 0.717) is 46.0 Å². The molecule has 33 heavy (non-hydrogen) atoms.